The molecule has 0 aliphatic carbocycles. The van der Waals surface area contributed by atoms with E-state index in [1.54, 1.807) is 0 Å². The summed E-state index contributed by atoms with van der Waals surface area (Å²) in [4.78, 5) is 10.9. The van der Waals surface area contributed by atoms with E-state index < -0.39 is 24.1 Å². The first-order valence-corrected chi connectivity index (χ1v) is 5.28. The smallest absolute Gasteiger partial charge is 0.391 e. The highest BCUT2D eigenvalue weighted by molar-refractivity contribution is 5.78. The quantitative estimate of drug-likeness (QED) is 0.651. The number of carbonyl (C=O) groups is 1. The highest BCUT2D eigenvalue weighted by Gasteiger charge is 2.30. The molecule has 102 valence electrons. The Morgan fingerprint density at radius 2 is 1.88 bits per heavy atom. The van der Waals surface area contributed by atoms with Gasteiger partial charge in [0.05, 0.1) is 13.0 Å². The third-order valence-electron chi connectivity index (χ3n) is 2.52. The number of ether oxygens (including phenoxy) is 1. The van der Waals surface area contributed by atoms with Gasteiger partial charge in [-0.25, -0.2) is 0 Å². The summed E-state index contributed by atoms with van der Waals surface area (Å²) in [5.41, 5.74) is -1.06. The van der Waals surface area contributed by atoms with E-state index in [1.165, 1.54) is 14.0 Å². The van der Waals surface area contributed by atoms with Gasteiger partial charge in [0.2, 0.25) is 0 Å². The maximum atomic E-state index is 11.7. The second kappa shape index (κ2) is 6.80. The van der Waals surface area contributed by atoms with Gasteiger partial charge >= 0.3 is 12.1 Å². The minimum Gasteiger partial charge on any atom is -0.480 e. The molecule has 0 radical (unpaired) electrons. The topological polar surface area (TPSA) is 58.6 Å². The number of carboxylic acid groups (broad SMARTS) is 1. The number of nitrogens with one attached hydrogen (secondary N) is 1. The molecule has 0 aromatic rings. The molecule has 1 atom stereocenters. The third kappa shape index (κ3) is 7.17. The van der Waals surface area contributed by atoms with Crippen molar-refractivity contribution < 1.29 is 27.8 Å². The lowest BCUT2D eigenvalue weighted by molar-refractivity contribution is -0.145. The maximum absolute atomic E-state index is 11.7. The van der Waals surface area contributed by atoms with Crippen molar-refractivity contribution in [2.75, 3.05) is 20.3 Å². The molecule has 1 unspecified atom stereocenters. The van der Waals surface area contributed by atoms with Crippen molar-refractivity contribution in [3.05, 3.63) is 0 Å². The monoisotopic (exact) mass is 257 g/mol. The van der Waals surface area contributed by atoms with Crippen LogP contribution in [0.15, 0.2) is 0 Å². The first-order valence-electron chi connectivity index (χ1n) is 5.28. The molecule has 0 rings (SSSR count). The molecule has 0 aromatic carbocycles. The van der Waals surface area contributed by atoms with Crippen LogP contribution in [0.3, 0.4) is 0 Å². The number of aliphatic carboxylic acids is 1. The van der Waals surface area contributed by atoms with Crippen molar-refractivity contribution in [2.24, 2.45) is 0 Å². The molecule has 17 heavy (non-hydrogen) atoms. The molecule has 0 fully saturated rings. The van der Waals surface area contributed by atoms with Gasteiger partial charge in [0.1, 0.15) is 5.54 Å². The third-order valence-corrected chi connectivity index (χ3v) is 2.52. The van der Waals surface area contributed by atoms with E-state index in [4.69, 9.17) is 9.84 Å². The van der Waals surface area contributed by atoms with Crippen molar-refractivity contribution >= 4 is 5.97 Å². The number of halogens is 3. The zero-order valence-corrected chi connectivity index (χ0v) is 9.93. The summed E-state index contributed by atoms with van der Waals surface area (Å²) in [6.45, 7) is 1.26. The van der Waals surface area contributed by atoms with E-state index in [1.807, 2.05) is 0 Å². The normalized spacial score (nSPS) is 15.6. The molecule has 0 saturated heterocycles. The van der Waals surface area contributed by atoms with Crippen molar-refractivity contribution in [2.45, 2.75) is 37.9 Å². The van der Waals surface area contributed by atoms with E-state index in [2.05, 4.69) is 5.32 Å². The molecule has 7 heteroatoms. The Hall–Kier alpha value is -0.820. The first-order chi connectivity index (χ1) is 7.71. The zero-order valence-electron chi connectivity index (χ0n) is 9.93. The fourth-order valence-electron chi connectivity index (χ4n) is 1.16. The van der Waals surface area contributed by atoms with E-state index >= 15 is 0 Å². The molecule has 0 heterocycles. The van der Waals surface area contributed by atoms with Crippen LogP contribution in [0.4, 0.5) is 13.2 Å². The second-order valence-electron chi connectivity index (χ2n) is 3.97. The zero-order chi connectivity index (χ0) is 13.5. The van der Waals surface area contributed by atoms with Crippen LogP contribution in [0.1, 0.15) is 26.2 Å². The van der Waals surface area contributed by atoms with Gasteiger partial charge in [-0.15, -0.1) is 0 Å². The van der Waals surface area contributed by atoms with Crippen LogP contribution in [0.25, 0.3) is 0 Å². The van der Waals surface area contributed by atoms with Crippen LogP contribution in [-0.4, -0.2) is 43.1 Å². The lowest BCUT2D eigenvalue weighted by Crippen LogP contribution is -2.47. The van der Waals surface area contributed by atoms with Gasteiger partial charge in [0, 0.05) is 6.61 Å². The van der Waals surface area contributed by atoms with Crippen LogP contribution in [-0.2, 0) is 9.53 Å². The molecule has 0 bridgehead atoms. The van der Waals surface area contributed by atoms with Crippen LogP contribution >= 0.6 is 0 Å². The predicted molar refractivity (Wildman–Crippen MR) is 55.8 cm³/mol. The summed E-state index contributed by atoms with van der Waals surface area (Å²) in [6.07, 6.45) is -4.50. The minimum atomic E-state index is -4.21. The van der Waals surface area contributed by atoms with Gasteiger partial charge in [-0.05, 0) is 26.8 Å². The fourth-order valence-corrected chi connectivity index (χ4v) is 1.16. The van der Waals surface area contributed by atoms with Crippen LogP contribution in [0.5, 0.6) is 0 Å². The van der Waals surface area contributed by atoms with E-state index in [-0.39, 0.29) is 13.2 Å². The van der Waals surface area contributed by atoms with Crippen molar-refractivity contribution in [1.29, 1.82) is 0 Å². The van der Waals surface area contributed by atoms with Crippen LogP contribution < -0.4 is 5.32 Å². The average Bonchev–Trinajstić information content (AvgIpc) is 2.21. The lowest BCUT2D eigenvalue weighted by Gasteiger charge is -2.23. The number of hydrogen-bond acceptors (Lipinski definition) is 3. The molecule has 0 aromatic heterocycles. The first kappa shape index (κ1) is 16.2. The van der Waals surface area contributed by atoms with Gasteiger partial charge in [-0.3, -0.25) is 4.79 Å². The number of carboxylic acids is 1. The second-order valence-corrected chi connectivity index (χ2v) is 3.97. The number of likely N-dealkylation sites (N-methyl/N-ethyl adjacent to an activating group) is 1. The molecular formula is C10H18F3NO3. The van der Waals surface area contributed by atoms with E-state index in [0.29, 0.717) is 12.8 Å². The molecule has 0 spiro atoms. The molecular weight excluding hydrogens is 239 g/mol. The number of hydrogen-bond donors (Lipinski definition) is 2. The lowest BCUT2D eigenvalue weighted by atomic mass is 9.96. The molecule has 0 amide bonds. The van der Waals surface area contributed by atoms with Gasteiger partial charge in [-0.2, -0.15) is 13.2 Å². The molecule has 0 aliphatic heterocycles. The molecule has 2 N–H and O–H groups in total. The summed E-state index contributed by atoms with van der Waals surface area (Å²) in [7, 11) is 1.53. The largest absolute Gasteiger partial charge is 0.480 e. The SMILES string of the molecule is CNC(C)(CCCOCCC(F)(F)F)C(=O)O. The summed E-state index contributed by atoms with van der Waals surface area (Å²) >= 11 is 0. The van der Waals surface area contributed by atoms with Crippen molar-refractivity contribution in [1.82, 2.24) is 5.32 Å². The molecule has 4 nitrogen and oxygen atoms in total. The summed E-state index contributed by atoms with van der Waals surface area (Å²) in [5, 5.41) is 11.5. The summed E-state index contributed by atoms with van der Waals surface area (Å²) in [6, 6.07) is 0. The standard InChI is InChI=1S/C10H18F3NO3/c1-9(14-2,8(15)16)4-3-6-17-7-5-10(11,12)13/h14H,3-7H2,1-2H3,(H,15,16). The van der Waals surface area contributed by atoms with Gasteiger partial charge in [-0.1, -0.05) is 0 Å². The molecule has 0 saturated carbocycles. The van der Waals surface area contributed by atoms with E-state index in [9.17, 15) is 18.0 Å². The highest BCUT2D eigenvalue weighted by atomic mass is 19.4. The van der Waals surface area contributed by atoms with Gasteiger partial charge < -0.3 is 15.2 Å². The Kier molecular flexibility index (Phi) is 6.48. The average molecular weight is 257 g/mol. The van der Waals surface area contributed by atoms with Crippen LogP contribution in [0.2, 0.25) is 0 Å². The number of rotatable bonds is 8. The summed E-state index contributed by atoms with van der Waals surface area (Å²) in [5.74, 6) is -0.990. The van der Waals surface area contributed by atoms with Gasteiger partial charge in [0.25, 0.3) is 0 Å². The van der Waals surface area contributed by atoms with E-state index in [0.717, 1.165) is 0 Å². The predicted octanol–water partition coefficient (Wildman–Crippen LogP) is 1.80. The summed E-state index contributed by atoms with van der Waals surface area (Å²) < 4.78 is 40.0. The molecule has 0 aliphatic rings. The Labute approximate surface area is 98.1 Å². The van der Waals surface area contributed by atoms with Crippen molar-refractivity contribution in [3.63, 3.8) is 0 Å². The minimum absolute atomic E-state index is 0.126. The van der Waals surface area contributed by atoms with Crippen LogP contribution in [0, 0.1) is 0 Å². The van der Waals surface area contributed by atoms with Gasteiger partial charge in [0.15, 0.2) is 0 Å². The Morgan fingerprint density at radius 3 is 2.29 bits per heavy atom. The Bertz CT molecular complexity index is 245. The fraction of sp³-hybridized carbons (Fsp3) is 0.900. The van der Waals surface area contributed by atoms with Crippen molar-refractivity contribution in [3.8, 4) is 0 Å². The highest BCUT2D eigenvalue weighted by Crippen LogP contribution is 2.19. The Morgan fingerprint density at radius 1 is 1.29 bits per heavy atom. The number of alkyl halides is 3. The maximum Gasteiger partial charge on any atom is 0.391 e. The Balaban J connectivity index is 3.67.